The average molecular weight is 206 g/mol. The highest BCUT2D eigenvalue weighted by Crippen LogP contribution is 1.77. The summed E-state index contributed by atoms with van der Waals surface area (Å²) in [5, 5.41) is 10.9. The van der Waals surface area contributed by atoms with Gasteiger partial charge in [-0.05, 0) is 11.8 Å². The maximum Gasteiger partial charge on any atom is 0.297 e. The first-order valence-electron chi connectivity index (χ1n) is 2.73. The van der Waals surface area contributed by atoms with Gasteiger partial charge in [-0.1, -0.05) is 0 Å². The molecule has 0 aliphatic heterocycles. The molecule has 0 heterocycles. The Morgan fingerprint density at radius 1 is 1.90 bits per heavy atom. The molecule has 0 fully saturated rings. The second kappa shape index (κ2) is 5.27. The normalized spacial score (nSPS) is 11.1. The minimum atomic E-state index is -0.390. The lowest BCUT2D eigenvalue weighted by molar-refractivity contribution is -0.116. The van der Waals surface area contributed by atoms with Gasteiger partial charge >= 0.3 is 0 Å². The van der Waals surface area contributed by atoms with Gasteiger partial charge in [-0.2, -0.15) is 0 Å². The largest absolute Gasteiger partial charge is 0.394 e. The molecule has 56 valence electrons. The van der Waals surface area contributed by atoms with Crippen LogP contribution >= 0.6 is 15.9 Å². The minimum Gasteiger partial charge on any atom is -0.394 e. The molecular weight excluding hydrogens is 198 g/mol. The van der Waals surface area contributed by atoms with Crippen LogP contribution in [0.3, 0.4) is 0 Å². The zero-order valence-corrected chi connectivity index (χ0v) is 7.10. The molecule has 0 aromatic carbocycles. The Morgan fingerprint density at radius 2 is 2.50 bits per heavy atom. The van der Waals surface area contributed by atoms with Gasteiger partial charge in [-0.25, -0.2) is 0 Å². The third kappa shape index (κ3) is 4.36. The summed E-state index contributed by atoms with van der Waals surface area (Å²) in [5.74, 6) is 1.83. The first-order chi connectivity index (χ1) is 4.70. The van der Waals surface area contributed by atoms with Gasteiger partial charge in [0.15, 0.2) is 0 Å². The van der Waals surface area contributed by atoms with Crippen LogP contribution in [-0.4, -0.2) is 23.7 Å². The van der Waals surface area contributed by atoms with Crippen molar-refractivity contribution in [1.29, 1.82) is 0 Å². The second-order valence-corrected chi connectivity index (χ2v) is 2.17. The van der Waals surface area contributed by atoms with E-state index in [1.54, 1.807) is 6.92 Å². The molecule has 0 unspecified atom stereocenters. The van der Waals surface area contributed by atoms with E-state index in [0.29, 0.717) is 0 Å². The molecule has 3 nitrogen and oxygen atoms in total. The third-order valence-electron chi connectivity index (χ3n) is 0.812. The lowest BCUT2D eigenvalue weighted by Crippen LogP contribution is -2.33. The number of hydrogen-bond acceptors (Lipinski definition) is 2. The molecule has 0 spiro atoms. The SMILES string of the molecule is C[C@H](CO)NC(=O)C#CBr. The summed E-state index contributed by atoms with van der Waals surface area (Å²) in [6, 6.07) is -0.235. The highest BCUT2D eigenvalue weighted by Gasteiger charge is 2.00. The number of aliphatic hydroxyl groups excluding tert-OH is 1. The quantitative estimate of drug-likeness (QED) is 0.616. The monoisotopic (exact) mass is 205 g/mol. The maximum atomic E-state index is 10.6. The highest BCUT2D eigenvalue weighted by atomic mass is 79.9. The van der Waals surface area contributed by atoms with Gasteiger partial charge in [0.2, 0.25) is 0 Å². The lowest BCUT2D eigenvalue weighted by Gasteiger charge is -2.05. The fourth-order valence-corrected chi connectivity index (χ4v) is 0.528. The molecular formula is C6H8BrNO2. The van der Waals surface area contributed by atoms with Crippen molar-refractivity contribution in [3.63, 3.8) is 0 Å². The molecule has 1 atom stereocenters. The number of amides is 1. The molecule has 0 rings (SSSR count). The Kier molecular flexibility index (Phi) is 4.99. The number of halogens is 1. The van der Waals surface area contributed by atoms with E-state index in [1.807, 2.05) is 0 Å². The van der Waals surface area contributed by atoms with Gasteiger partial charge in [-0.3, -0.25) is 4.79 Å². The summed E-state index contributed by atoms with van der Waals surface area (Å²) in [4.78, 5) is 12.9. The van der Waals surface area contributed by atoms with Crippen molar-refractivity contribution in [3.8, 4) is 10.8 Å². The molecule has 0 aliphatic carbocycles. The Hall–Kier alpha value is -0.530. The van der Waals surface area contributed by atoms with E-state index < -0.39 is 5.91 Å². The zero-order chi connectivity index (χ0) is 7.98. The molecule has 10 heavy (non-hydrogen) atoms. The number of aliphatic hydroxyl groups is 1. The minimum absolute atomic E-state index is 0.0737. The van der Waals surface area contributed by atoms with E-state index in [0.717, 1.165) is 0 Å². The first kappa shape index (κ1) is 9.47. The van der Waals surface area contributed by atoms with Gasteiger partial charge in [0.1, 0.15) is 0 Å². The summed E-state index contributed by atoms with van der Waals surface area (Å²) in [6.07, 6.45) is 0. The van der Waals surface area contributed by atoms with Crippen LogP contribution in [0.1, 0.15) is 6.92 Å². The molecule has 0 aromatic heterocycles. The summed E-state index contributed by atoms with van der Waals surface area (Å²) >= 11 is 2.78. The topological polar surface area (TPSA) is 49.3 Å². The van der Waals surface area contributed by atoms with Crippen molar-refractivity contribution in [2.24, 2.45) is 0 Å². The Morgan fingerprint density at radius 3 is 2.90 bits per heavy atom. The summed E-state index contributed by atoms with van der Waals surface area (Å²) in [5.41, 5.74) is 0. The van der Waals surface area contributed by atoms with Crippen molar-refractivity contribution >= 4 is 21.8 Å². The molecule has 0 bridgehead atoms. The van der Waals surface area contributed by atoms with E-state index in [1.165, 1.54) is 0 Å². The highest BCUT2D eigenvalue weighted by molar-refractivity contribution is 9.12. The van der Waals surface area contributed by atoms with E-state index in [-0.39, 0.29) is 12.6 Å². The first-order valence-corrected chi connectivity index (χ1v) is 3.53. The standard InChI is InChI=1S/C6H8BrNO2/c1-5(4-9)8-6(10)2-3-7/h5,9H,4H2,1H3,(H,8,10)/t5-/m1/s1. The van der Waals surface area contributed by atoms with Crippen LogP contribution in [0, 0.1) is 10.8 Å². The summed E-state index contributed by atoms with van der Waals surface area (Å²) < 4.78 is 0. The molecule has 0 aromatic rings. The van der Waals surface area contributed by atoms with Gasteiger partial charge in [0.25, 0.3) is 5.91 Å². The molecule has 4 heteroatoms. The van der Waals surface area contributed by atoms with Crippen LogP contribution in [0.15, 0.2) is 0 Å². The van der Waals surface area contributed by atoms with Crippen LogP contribution in [0.25, 0.3) is 0 Å². The summed E-state index contributed by atoms with van der Waals surface area (Å²) in [6.45, 7) is 1.61. The molecule has 0 radical (unpaired) electrons. The molecule has 0 saturated heterocycles. The zero-order valence-electron chi connectivity index (χ0n) is 5.52. The average Bonchev–Trinajstić information content (AvgIpc) is 1.88. The lowest BCUT2D eigenvalue weighted by atomic mass is 10.3. The Balaban J connectivity index is 3.64. The Bertz CT molecular complexity index is 170. The van der Waals surface area contributed by atoms with Crippen LogP contribution in [0.5, 0.6) is 0 Å². The smallest absolute Gasteiger partial charge is 0.297 e. The number of carbonyl (C=O) groups excluding carboxylic acids is 1. The van der Waals surface area contributed by atoms with E-state index >= 15 is 0 Å². The Labute approximate surface area is 67.9 Å². The van der Waals surface area contributed by atoms with Crippen LogP contribution < -0.4 is 5.32 Å². The number of hydrogen-bond donors (Lipinski definition) is 2. The van der Waals surface area contributed by atoms with Gasteiger partial charge in [0.05, 0.1) is 12.6 Å². The molecule has 0 aliphatic rings. The van der Waals surface area contributed by atoms with Gasteiger partial charge < -0.3 is 10.4 Å². The predicted molar refractivity (Wildman–Crippen MR) is 41.4 cm³/mol. The van der Waals surface area contributed by atoms with Crippen molar-refractivity contribution in [2.75, 3.05) is 6.61 Å². The third-order valence-corrected chi connectivity index (χ3v) is 1.01. The predicted octanol–water partition coefficient (Wildman–Crippen LogP) is -0.161. The second-order valence-electron chi connectivity index (χ2n) is 1.78. The van der Waals surface area contributed by atoms with Crippen molar-refractivity contribution in [3.05, 3.63) is 0 Å². The van der Waals surface area contributed by atoms with Crippen LogP contribution in [0.4, 0.5) is 0 Å². The van der Waals surface area contributed by atoms with Gasteiger partial charge in [-0.15, -0.1) is 0 Å². The van der Waals surface area contributed by atoms with Crippen molar-refractivity contribution in [2.45, 2.75) is 13.0 Å². The maximum absolute atomic E-state index is 10.6. The molecule has 0 saturated carbocycles. The van der Waals surface area contributed by atoms with E-state index in [2.05, 4.69) is 32.0 Å². The molecule has 1 amide bonds. The molecule has 2 N–H and O–H groups in total. The van der Waals surface area contributed by atoms with Gasteiger partial charge in [0, 0.05) is 21.9 Å². The number of carbonyl (C=O) groups is 1. The fourth-order valence-electron chi connectivity index (χ4n) is 0.348. The number of rotatable bonds is 2. The number of nitrogens with one attached hydrogen (secondary N) is 1. The summed E-state index contributed by atoms with van der Waals surface area (Å²) in [7, 11) is 0. The van der Waals surface area contributed by atoms with Crippen LogP contribution in [0.2, 0.25) is 0 Å². The van der Waals surface area contributed by atoms with Crippen molar-refractivity contribution in [1.82, 2.24) is 5.32 Å². The fraction of sp³-hybridized carbons (Fsp3) is 0.500. The van der Waals surface area contributed by atoms with E-state index in [9.17, 15) is 4.79 Å². The van der Waals surface area contributed by atoms with Crippen molar-refractivity contribution < 1.29 is 9.90 Å². The van der Waals surface area contributed by atoms with E-state index in [4.69, 9.17) is 5.11 Å². The van der Waals surface area contributed by atoms with Crippen LogP contribution in [-0.2, 0) is 4.79 Å².